The van der Waals surface area contributed by atoms with E-state index in [0.29, 0.717) is 23.0 Å². The van der Waals surface area contributed by atoms with Crippen LogP contribution in [0.2, 0.25) is 0 Å². The molecule has 0 radical (unpaired) electrons. The molecule has 0 fully saturated rings. The van der Waals surface area contributed by atoms with Crippen molar-refractivity contribution < 1.29 is 19.1 Å². The van der Waals surface area contributed by atoms with Crippen molar-refractivity contribution in [1.29, 1.82) is 0 Å². The Labute approximate surface area is 112 Å². The number of rotatable bonds is 6. The van der Waals surface area contributed by atoms with Crippen LogP contribution in [0.5, 0.6) is 0 Å². The van der Waals surface area contributed by atoms with E-state index in [1.165, 1.54) is 12.1 Å². The molecule has 0 atom stereocenters. The van der Waals surface area contributed by atoms with Crippen LogP contribution in [0.25, 0.3) is 0 Å². The molecular formula is C12H13BrFNO3. The second-order valence-electron chi connectivity index (χ2n) is 3.77. The molecule has 18 heavy (non-hydrogen) atoms. The molecule has 0 spiro atoms. The summed E-state index contributed by atoms with van der Waals surface area (Å²) >= 11 is 3.04. The Kier molecular flexibility index (Phi) is 5.77. The molecule has 1 rings (SSSR count). The summed E-state index contributed by atoms with van der Waals surface area (Å²) in [6.45, 7) is 0.327. The van der Waals surface area contributed by atoms with Gasteiger partial charge in [-0.2, -0.15) is 0 Å². The van der Waals surface area contributed by atoms with Gasteiger partial charge in [0, 0.05) is 13.0 Å². The second kappa shape index (κ2) is 7.10. The van der Waals surface area contributed by atoms with Crippen LogP contribution in [0.3, 0.4) is 0 Å². The lowest BCUT2D eigenvalue weighted by Crippen LogP contribution is -2.26. The molecule has 0 saturated heterocycles. The van der Waals surface area contributed by atoms with Gasteiger partial charge in [0.25, 0.3) is 0 Å². The number of carbonyl (C=O) groups excluding carboxylic acids is 1. The quantitative estimate of drug-likeness (QED) is 0.790. The van der Waals surface area contributed by atoms with Crippen LogP contribution in [0.15, 0.2) is 22.7 Å². The highest BCUT2D eigenvalue weighted by molar-refractivity contribution is 9.10. The van der Waals surface area contributed by atoms with E-state index >= 15 is 0 Å². The third-order valence-corrected chi connectivity index (χ3v) is 2.85. The predicted octanol–water partition coefficient (Wildman–Crippen LogP) is 2.11. The van der Waals surface area contributed by atoms with Gasteiger partial charge in [-0.25, -0.2) is 4.39 Å². The molecule has 0 aliphatic carbocycles. The molecular weight excluding hydrogens is 305 g/mol. The minimum absolute atomic E-state index is 0.0301. The van der Waals surface area contributed by atoms with Gasteiger partial charge in [-0.15, -0.1) is 0 Å². The van der Waals surface area contributed by atoms with E-state index in [9.17, 15) is 14.0 Å². The largest absolute Gasteiger partial charge is 0.481 e. The number of carboxylic acid groups (broad SMARTS) is 1. The van der Waals surface area contributed by atoms with Gasteiger partial charge < -0.3 is 10.4 Å². The fourth-order valence-electron chi connectivity index (χ4n) is 1.36. The molecule has 0 aliphatic heterocycles. The van der Waals surface area contributed by atoms with E-state index in [1.54, 1.807) is 6.07 Å². The highest BCUT2D eigenvalue weighted by atomic mass is 79.9. The lowest BCUT2D eigenvalue weighted by molar-refractivity contribution is -0.137. The van der Waals surface area contributed by atoms with Crippen molar-refractivity contribution in [2.24, 2.45) is 0 Å². The summed E-state index contributed by atoms with van der Waals surface area (Å²) in [5.41, 5.74) is 0.694. The van der Waals surface area contributed by atoms with E-state index in [4.69, 9.17) is 5.11 Å². The van der Waals surface area contributed by atoms with Gasteiger partial charge in [-0.3, -0.25) is 9.59 Å². The summed E-state index contributed by atoms with van der Waals surface area (Å²) in [5.74, 6) is -1.47. The molecule has 4 nitrogen and oxygen atoms in total. The molecule has 1 aromatic carbocycles. The number of halogens is 2. The van der Waals surface area contributed by atoms with Crippen molar-refractivity contribution in [3.05, 3.63) is 34.1 Å². The van der Waals surface area contributed by atoms with Crippen molar-refractivity contribution >= 4 is 27.8 Å². The SMILES string of the molecule is O=C(O)CCCNC(=O)Cc1ccc(F)c(Br)c1. The standard InChI is InChI=1S/C12H13BrFNO3/c13-9-6-8(3-4-10(9)14)7-11(16)15-5-1-2-12(17)18/h3-4,6H,1-2,5,7H2,(H,15,16)(H,17,18). The fraction of sp³-hybridized carbons (Fsp3) is 0.333. The first kappa shape index (κ1) is 14.6. The van der Waals surface area contributed by atoms with Crippen LogP contribution in [-0.4, -0.2) is 23.5 Å². The summed E-state index contributed by atoms with van der Waals surface area (Å²) < 4.78 is 13.3. The minimum atomic E-state index is -0.883. The number of nitrogens with one attached hydrogen (secondary N) is 1. The first-order valence-electron chi connectivity index (χ1n) is 5.41. The predicted molar refractivity (Wildman–Crippen MR) is 67.7 cm³/mol. The third kappa shape index (κ3) is 5.27. The van der Waals surface area contributed by atoms with Gasteiger partial charge in [-0.05, 0) is 40.0 Å². The number of hydrogen-bond acceptors (Lipinski definition) is 2. The van der Waals surface area contributed by atoms with Gasteiger partial charge in [-0.1, -0.05) is 6.07 Å². The van der Waals surface area contributed by atoms with Gasteiger partial charge in [0.15, 0.2) is 0 Å². The number of benzene rings is 1. The number of aliphatic carboxylic acids is 1. The lowest BCUT2D eigenvalue weighted by atomic mass is 10.1. The highest BCUT2D eigenvalue weighted by Gasteiger charge is 2.06. The van der Waals surface area contributed by atoms with Crippen molar-refractivity contribution in [1.82, 2.24) is 5.32 Å². The average Bonchev–Trinajstić information content (AvgIpc) is 2.29. The minimum Gasteiger partial charge on any atom is -0.481 e. The topological polar surface area (TPSA) is 66.4 Å². The molecule has 6 heteroatoms. The van der Waals surface area contributed by atoms with Crippen LogP contribution in [-0.2, 0) is 16.0 Å². The maximum absolute atomic E-state index is 13.0. The Balaban J connectivity index is 2.35. The molecule has 1 aromatic rings. The summed E-state index contributed by atoms with van der Waals surface area (Å²) in [5, 5.41) is 11.0. The van der Waals surface area contributed by atoms with E-state index in [2.05, 4.69) is 21.2 Å². The number of hydrogen-bond donors (Lipinski definition) is 2. The first-order valence-corrected chi connectivity index (χ1v) is 6.21. The molecule has 0 heterocycles. The van der Waals surface area contributed by atoms with Crippen LogP contribution in [0.4, 0.5) is 4.39 Å². The average molecular weight is 318 g/mol. The third-order valence-electron chi connectivity index (χ3n) is 2.24. The highest BCUT2D eigenvalue weighted by Crippen LogP contribution is 2.17. The Bertz CT molecular complexity index is 451. The zero-order valence-corrected chi connectivity index (χ0v) is 11.2. The zero-order valence-electron chi connectivity index (χ0n) is 9.58. The normalized spacial score (nSPS) is 10.1. The summed E-state index contributed by atoms with van der Waals surface area (Å²) in [6, 6.07) is 4.38. The van der Waals surface area contributed by atoms with Crippen molar-refractivity contribution in [3.8, 4) is 0 Å². The number of carbonyl (C=O) groups is 2. The lowest BCUT2D eigenvalue weighted by Gasteiger charge is -2.05. The second-order valence-corrected chi connectivity index (χ2v) is 4.63. The Hall–Kier alpha value is -1.43. The fourth-order valence-corrected chi connectivity index (χ4v) is 1.79. The molecule has 0 unspecified atom stereocenters. The molecule has 0 saturated carbocycles. The molecule has 98 valence electrons. The monoisotopic (exact) mass is 317 g/mol. The molecule has 1 amide bonds. The maximum Gasteiger partial charge on any atom is 0.303 e. The Morgan fingerprint density at radius 2 is 2.11 bits per heavy atom. The number of carboxylic acids is 1. The van der Waals surface area contributed by atoms with Crippen molar-refractivity contribution in [3.63, 3.8) is 0 Å². The molecule has 0 aliphatic rings. The van der Waals surface area contributed by atoms with Crippen molar-refractivity contribution in [2.45, 2.75) is 19.3 Å². The van der Waals surface area contributed by atoms with Gasteiger partial charge in [0.2, 0.25) is 5.91 Å². The van der Waals surface area contributed by atoms with E-state index in [-0.39, 0.29) is 24.6 Å². The molecule has 0 aromatic heterocycles. The van der Waals surface area contributed by atoms with Crippen LogP contribution in [0.1, 0.15) is 18.4 Å². The van der Waals surface area contributed by atoms with Crippen LogP contribution in [0, 0.1) is 5.82 Å². The van der Waals surface area contributed by atoms with E-state index in [0.717, 1.165) is 0 Å². The maximum atomic E-state index is 13.0. The van der Waals surface area contributed by atoms with Gasteiger partial charge >= 0.3 is 5.97 Å². The van der Waals surface area contributed by atoms with Crippen molar-refractivity contribution in [2.75, 3.05) is 6.54 Å². The summed E-state index contributed by atoms with van der Waals surface area (Å²) in [4.78, 5) is 21.7. The zero-order chi connectivity index (χ0) is 13.5. The first-order chi connectivity index (χ1) is 8.49. The van der Waals surface area contributed by atoms with E-state index in [1.807, 2.05) is 0 Å². The molecule has 0 bridgehead atoms. The Morgan fingerprint density at radius 1 is 1.39 bits per heavy atom. The molecule has 2 N–H and O–H groups in total. The van der Waals surface area contributed by atoms with Crippen LogP contribution < -0.4 is 5.32 Å². The van der Waals surface area contributed by atoms with Crippen LogP contribution >= 0.6 is 15.9 Å². The smallest absolute Gasteiger partial charge is 0.303 e. The van der Waals surface area contributed by atoms with Gasteiger partial charge in [0.05, 0.1) is 10.9 Å². The summed E-state index contributed by atoms with van der Waals surface area (Å²) in [7, 11) is 0. The Morgan fingerprint density at radius 3 is 2.72 bits per heavy atom. The van der Waals surface area contributed by atoms with E-state index < -0.39 is 5.97 Å². The van der Waals surface area contributed by atoms with Gasteiger partial charge in [0.1, 0.15) is 5.82 Å². The number of amides is 1. The summed E-state index contributed by atoms with van der Waals surface area (Å²) in [6.07, 6.45) is 0.572.